The highest BCUT2D eigenvalue weighted by Crippen LogP contribution is 2.26. The molecule has 0 bridgehead atoms. The molecule has 0 aliphatic heterocycles. The number of benzene rings is 1. The Balaban J connectivity index is 2.61. The third-order valence-corrected chi connectivity index (χ3v) is 3.76. The van der Waals surface area contributed by atoms with Crippen molar-refractivity contribution in [1.82, 2.24) is 5.32 Å². The van der Waals surface area contributed by atoms with Crippen LogP contribution in [0.4, 0.5) is 0 Å². The Bertz CT molecular complexity index is 294. The molecule has 0 aromatic heterocycles. The maximum Gasteiger partial charge on any atom is 0.0322 e. The topological polar surface area (TPSA) is 12.0 Å². The molecule has 0 spiro atoms. The Morgan fingerprint density at radius 3 is 2.33 bits per heavy atom. The monoisotopic (exact) mass is 247 g/mol. The minimum atomic E-state index is 0.526. The van der Waals surface area contributed by atoms with Gasteiger partial charge in [0.1, 0.15) is 0 Å². The summed E-state index contributed by atoms with van der Waals surface area (Å²) in [4.78, 5) is 0. The molecular weight excluding hydrogens is 218 g/mol. The van der Waals surface area contributed by atoms with Crippen molar-refractivity contribution in [2.24, 2.45) is 5.92 Å². The number of hydrogen-bond donors (Lipinski definition) is 1. The van der Waals surface area contributed by atoms with Crippen molar-refractivity contribution in [3.05, 3.63) is 35.9 Å². The molecule has 0 fully saturated rings. The Morgan fingerprint density at radius 1 is 1.06 bits per heavy atom. The number of rotatable bonds is 9. The van der Waals surface area contributed by atoms with Gasteiger partial charge in [-0.3, -0.25) is 0 Å². The largest absolute Gasteiger partial charge is 0.310 e. The molecule has 0 amide bonds. The highest BCUT2D eigenvalue weighted by molar-refractivity contribution is 5.18. The van der Waals surface area contributed by atoms with Crippen molar-refractivity contribution >= 4 is 0 Å². The third-order valence-electron chi connectivity index (χ3n) is 3.76. The lowest BCUT2D eigenvalue weighted by molar-refractivity contribution is 0.357. The summed E-state index contributed by atoms with van der Waals surface area (Å²) in [6, 6.07) is 11.4. The van der Waals surface area contributed by atoms with Crippen LogP contribution in [0, 0.1) is 5.92 Å². The quantitative estimate of drug-likeness (QED) is 0.651. The lowest BCUT2D eigenvalue weighted by atomic mass is 9.89. The fraction of sp³-hybridized carbons (Fsp3) is 0.647. The average molecular weight is 247 g/mol. The standard InChI is InChI=1S/C17H29N/c1-4-7-11-15(5-2)14-17(18-6-3)16-12-9-8-10-13-16/h8-10,12-13,15,17-18H,4-7,11,14H2,1-3H3. The normalized spacial score (nSPS) is 14.4. The van der Waals surface area contributed by atoms with Crippen molar-refractivity contribution in [3.8, 4) is 0 Å². The molecule has 1 rings (SSSR count). The number of hydrogen-bond acceptors (Lipinski definition) is 1. The first-order chi connectivity index (χ1) is 8.81. The predicted octanol–water partition coefficient (Wildman–Crippen LogP) is 4.94. The first kappa shape index (κ1) is 15.2. The van der Waals surface area contributed by atoms with E-state index in [2.05, 4.69) is 56.4 Å². The van der Waals surface area contributed by atoms with Gasteiger partial charge in [-0.05, 0) is 24.4 Å². The molecule has 0 heterocycles. The SMILES string of the molecule is CCCCC(CC)CC(NCC)c1ccccc1. The minimum Gasteiger partial charge on any atom is -0.310 e. The summed E-state index contributed by atoms with van der Waals surface area (Å²) in [6.07, 6.45) is 6.63. The second-order valence-electron chi connectivity index (χ2n) is 5.17. The fourth-order valence-electron chi connectivity index (χ4n) is 2.58. The molecule has 0 saturated heterocycles. The van der Waals surface area contributed by atoms with Gasteiger partial charge in [-0.2, -0.15) is 0 Å². The highest BCUT2D eigenvalue weighted by atomic mass is 14.9. The molecule has 0 aliphatic rings. The van der Waals surface area contributed by atoms with Gasteiger partial charge >= 0.3 is 0 Å². The molecule has 0 aliphatic carbocycles. The summed E-state index contributed by atoms with van der Waals surface area (Å²) in [5.41, 5.74) is 1.44. The van der Waals surface area contributed by atoms with Crippen LogP contribution < -0.4 is 5.32 Å². The van der Waals surface area contributed by atoms with Crippen molar-refractivity contribution in [1.29, 1.82) is 0 Å². The van der Waals surface area contributed by atoms with Crippen LogP contribution in [0.2, 0.25) is 0 Å². The molecule has 1 aromatic rings. The van der Waals surface area contributed by atoms with Crippen LogP contribution in [0.1, 0.15) is 64.5 Å². The zero-order valence-corrected chi connectivity index (χ0v) is 12.3. The van der Waals surface area contributed by atoms with Crippen LogP contribution in [-0.4, -0.2) is 6.54 Å². The van der Waals surface area contributed by atoms with Gasteiger partial charge in [0.05, 0.1) is 0 Å². The molecule has 2 unspecified atom stereocenters. The van der Waals surface area contributed by atoms with Gasteiger partial charge < -0.3 is 5.32 Å². The molecular formula is C17H29N. The van der Waals surface area contributed by atoms with E-state index in [9.17, 15) is 0 Å². The Kier molecular flexibility index (Phi) is 7.75. The summed E-state index contributed by atoms with van der Waals surface area (Å²) >= 11 is 0. The summed E-state index contributed by atoms with van der Waals surface area (Å²) in [6.45, 7) is 7.85. The molecule has 18 heavy (non-hydrogen) atoms. The highest BCUT2D eigenvalue weighted by Gasteiger charge is 2.15. The van der Waals surface area contributed by atoms with E-state index in [-0.39, 0.29) is 0 Å². The predicted molar refractivity (Wildman–Crippen MR) is 80.8 cm³/mol. The molecule has 1 N–H and O–H groups in total. The van der Waals surface area contributed by atoms with E-state index in [1.807, 2.05) is 0 Å². The molecule has 0 radical (unpaired) electrons. The van der Waals surface area contributed by atoms with Crippen LogP contribution in [0.5, 0.6) is 0 Å². The molecule has 2 atom stereocenters. The lowest BCUT2D eigenvalue weighted by Crippen LogP contribution is -2.23. The second kappa shape index (κ2) is 9.16. The molecule has 1 heteroatoms. The fourth-order valence-corrected chi connectivity index (χ4v) is 2.58. The van der Waals surface area contributed by atoms with Crippen molar-refractivity contribution in [2.75, 3.05) is 6.54 Å². The van der Waals surface area contributed by atoms with Crippen LogP contribution in [0.25, 0.3) is 0 Å². The van der Waals surface area contributed by atoms with Gasteiger partial charge in [0, 0.05) is 6.04 Å². The van der Waals surface area contributed by atoms with E-state index < -0.39 is 0 Å². The Morgan fingerprint density at radius 2 is 1.78 bits per heavy atom. The Labute approximate surface area is 113 Å². The van der Waals surface area contributed by atoms with E-state index in [1.54, 1.807) is 0 Å². The van der Waals surface area contributed by atoms with Gasteiger partial charge in [-0.25, -0.2) is 0 Å². The van der Waals surface area contributed by atoms with Crippen molar-refractivity contribution in [3.63, 3.8) is 0 Å². The average Bonchev–Trinajstić information content (AvgIpc) is 2.43. The van der Waals surface area contributed by atoms with E-state index in [4.69, 9.17) is 0 Å². The van der Waals surface area contributed by atoms with Gasteiger partial charge in [0.25, 0.3) is 0 Å². The maximum atomic E-state index is 3.64. The van der Waals surface area contributed by atoms with Crippen LogP contribution in [0.15, 0.2) is 30.3 Å². The van der Waals surface area contributed by atoms with Gasteiger partial charge in [-0.1, -0.05) is 76.8 Å². The summed E-state index contributed by atoms with van der Waals surface area (Å²) < 4.78 is 0. The second-order valence-corrected chi connectivity index (χ2v) is 5.17. The first-order valence-electron chi connectivity index (χ1n) is 7.60. The third kappa shape index (κ3) is 5.22. The zero-order chi connectivity index (χ0) is 13.2. The molecule has 1 nitrogen and oxygen atoms in total. The van der Waals surface area contributed by atoms with Crippen molar-refractivity contribution in [2.45, 2.75) is 58.9 Å². The molecule has 102 valence electrons. The van der Waals surface area contributed by atoms with Gasteiger partial charge in [0.15, 0.2) is 0 Å². The summed E-state index contributed by atoms with van der Waals surface area (Å²) in [5, 5.41) is 3.64. The smallest absolute Gasteiger partial charge is 0.0322 e. The number of nitrogens with one attached hydrogen (secondary N) is 1. The van der Waals surface area contributed by atoms with Crippen molar-refractivity contribution < 1.29 is 0 Å². The molecule has 0 saturated carbocycles. The number of unbranched alkanes of at least 4 members (excludes halogenated alkanes) is 1. The zero-order valence-electron chi connectivity index (χ0n) is 12.3. The maximum absolute atomic E-state index is 3.64. The van der Waals surface area contributed by atoms with E-state index in [0.29, 0.717) is 6.04 Å². The van der Waals surface area contributed by atoms with Crippen LogP contribution in [-0.2, 0) is 0 Å². The van der Waals surface area contributed by atoms with Gasteiger partial charge in [0.2, 0.25) is 0 Å². The Hall–Kier alpha value is -0.820. The van der Waals surface area contributed by atoms with Gasteiger partial charge in [-0.15, -0.1) is 0 Å². The molecule has 1 aromatic carbocycles. The summed E-state index contributed by atoms with van der Waals surface area (Å²) in [7, 11) is 0. The summed E-state index contributed by atoms with van der Waals surface area (Å²) in [5.74, 6) is 0.856. The first-order valence-corrected chi connectivity index (χ1v) is 7.60. The minimum absolute atomic E-state index is 0.526. The van der Waals surface area contributed by atoms with E-state index in [0.717, 1.165) is 12.5 Å². The van der Waals surface area contributed by atoms with Crippen LogP contribution >= 0.6 is 0 Å². The van der Waals surface area contributed by atoms with E-state index in [1.165, 1.54) is 37.7 Å². The lowest BCUT2D eigenvalue weighted by Gasteiger charge is -2.24. The van der Waals surface area contributed by atoms with Crippen LogP contribution in [0.3, 0.4) is 0 Å². The van der Waals surface area contributed by atoms with E-state index >= 15 is 0 Å².